The Balaban J connectivity index is 1.76. The molecule has 1 fully saturated rings. The minimum atomic E-state index is -1.05. The zero-order chi connectivity index (χ0) is 15.4. The lowest BCUT2D eigenvalue weighted by molar-refractivity contribution is 0.0691. The van der Waals surface area contributed by atoms with Gasteiger partial charge in [0.2, 0.25) is 0 Å². The van der Waals surface area contributed by atoms with Gasteiger partial charge in [-0.05, 0) is 25.9 Å². The van der Waals surface area contributed by atoms with E-state index in [-0.39, 0.29) is 18.3 Å². The standard InChI is InChI=1S/C13H20N4O3S/c1-16-4-3-9(6-16)7-17(2)13(20)14-5-11-15-10(8-21-11)12(18)19/h8-9H,3-7H2,1-2H3,(H,14,20)(H,18,19). The highest BCUT2D eigenvalue weighted by molar-refractivity contribution is 7.09. The van der Waals surface area contributed by atoms with Crippen molar-refractivity contribution in [1.82, 2.24) is 20.1 Å². The molecule has 1 aliphatic rings. The lowest BCUT2D eigenvalue weighted by atomic mass is 10.1. The predicted octanol–water partition coefficient (Wildman–Crippen LogP) is 0.934. The molecule has 0 aromatic carbocycles. The first kappa shape index (κ1) is 15.7. The first-order chi connectivity index (χ1) is 9.95. The number of hydrogen-bond acceptors (Lipinski definition) is 5. The molecular weight excluding hydrogens is 292 g/mol. The van der Waals surface area contributed by atoms with E-state index in [0.717, 1.165) is 26.1 Å². The van der Waals surface area contributed by atoms with Gasteiger partial charge in [-0.15, -0.1) is 11.3 Å². The van der Waals surface area contributed by atoms with Crippen LogP contribution in [0.15, 0.2) is 5.38 Å². The van der Waals surface area contributed by atoms with Crippen LogP contribution in [0.3, 0.4) is 0 Å². The summed E-state index contributed by atoms with van der Waals surface area (Å²) < 4.78 is 0. The van der Waals surface area contributed by atoms with E-state index in [0.29, 0.717) is 10.9 Å². The molecule has 0 bridgehead atoms. The molecule has 1 atom stereocenters. The number of carbonyl (C=O) groups excluding carboxylic acids is 1. The van der Waals surface area contributed by atoms with Crippen LogP contribution in [0.25, 0.3) is 0 Å². The molecule has 2 amide bonds. The number of likely N-dealkylation sites (tertiary alicyclic amines) is 1. The molecule has 8 heteroatoms. The van der Waals surface area contributed by atoms with Crippen molar-refractivity contribution < 1.29 is 14.7 Å². The summed E-state index contributed by atoms with van der Waals surface area (Å²) in [6.45, 7) is 3.09. The van der Waals surface area contributed by atoms with E-state index in [1.54, 1.807) is 11.9 Å². The third-order valence-corrected chi connectivity index (χ3v) is 4.38. The molecule has 1 aromatic rings. The van der Waals surface area contributed by atoms with Crippen molar-refractivity contribution in [1.29, 1.82) is 0 Å². The molecule has 21 heavy (non-hydrogen) atoms. The van der Waals surface area contributed by atoms with Crippen molar-refractivity contribution in [2.24, 2.45) is 5.92 Å². The van der Waals surface area contributed by atoms with Crippen LogP contribution in [0.5, 0.6) is 0 Å². The van der Waals surface area contributed by atoms with Crippen LogP contribution in [0.1, 0.15) is 21.9 Å². The number of aromatic carboxylic acids is 1. The molecule has 0 aliphatic carbocycles. The zero-order valence-electron chi connectivity index (χ0n) is 12.2. The number of thiazole rings is 1. The molecule has 2 N–H and O–H groups in total. The van der Waals surface area contributed by atoms with Gasteiger partial charge in [0.05, 0.1) is 6.54 Å². The van der Waals surface area contributed by atoms with Crippen molar-refractivity contribution in [3.8, 4) is 0 Å². The van der Waals surface area contributed by atoms with Gasteiger partial charge in [-0.1, -0.05) is 0 Å². The molecule has 1 saturated heterocycles. The summed E-state index contributed by atoms with van der Waals surface area (Å²) >= 11 is 1.23. The maximum absolute atomic E-state index is 12.0. The Kier molecular flexibility index (Phi) is 5.13. The topological polar surface area (TPSA) is 85.8 Å². The molecular formula is C13H20N4O3S. The summed E-state index contributed by atoms with van der Waals surface area (Å²) in [5.41, 5.74) is 0.0200. The quantitative estimate of drug-likeness (QED) is 0.845. The first-order valence-electron chi connectivity index (χ1n) is 6.81. The van der Waals surface area contributed by atoms with Crippen LogP contribution in [0.2, 0.25) is 0 Å². The molecule has 1 aliphatic heterocycles. The largest absolute Gasteiger partial charge is 0.476 e. The number of rotatable bonds is 5. The maximum Gasteiger partial charge on any atom is 0.355 e. The monoisotopic (exact) mass is 312 g/mol. The highest BCUT2D eigenvalue weighted by Crippen LogP contribution is 2.15. The minimum absolute atomic E-state index is 0.0200. The van der Waals surface area contributed by atoms with Crippen molar-refractivity contribution in [2.45, 2.75) is 13.0 Å². The number of carboxylic acid groups (broad SMARTS) is 1. The van der Waals surface area contributed by atoms with Crippen molar-refractivity contribution >= 4 is 23.3 Å². The van der Waals surface area contributed by atoms with Gasteiger partial charge in [0.15, 0.2) is 5.69 Å². The number of aromatic nitrogens is 1. The fourth-order valence-electron chi connectivity index (χ4n) is 2.42. The molecule has 0 radical (unpaired) electrons. The number of urea groups is 1. The van der Waals surface area contributed by atoms with Crippen LogP contribution < -0.4 is 5.32 Å². The Morgan fingerprint density at radius 3 is 2.95 bits per heavy atom. The molecule has 2 heterocycles. The second-order valence-electron chi connectivity index (χ2n) is 5.39. The van der Waals surface area contributed by atoms with E-state index >= 15 is 0 Å². The van der Waals surface area contributed by atoms with Crippen LogP contribution in [0, 0.1) is 5.92 Å². The van der Waals surface area contributed by atoms with Gasteiger partial charge in [0.1, 0.15) is 5.01 Å². The SMILES string of the molecule is CN1CCC(CN(C)C(=O)NCc2nc(C(=O)O)cs2)C1. The van der Waals surface area contributed by atoms with Gasteiger partial charge in [-0.2, -0.15) is 0 Å². The second-order valence-corrected chi connectivity index (χ2v) is 6.33. The lowest BCUT2D eigenvalue weighted by Crippen LogP contribution is -2.40. The van der Waals surface area contributed by atoms with Crippen molar-refractivity contribution in [3.05, 3.63) is 16.1 Å². The average molecular weight is 312 g/mol. The second kappa shape index (κ2) is 6.86. The van der Waals surface area contributed by atoms with Gasteiger partial charge < -0.3 is 20.2 Å². The van der Waals surface area contributed by atoms with Gasteiger partial charge in [-0.3, -0.25) is 0 Å². The number of carbonyl (C=O) groups is 2. The van der Waals surface area contributed by atoms with E-state index in [1.807, 2.05) is 0 Å². The number of nitrogens with zero attached hydrogens (tertiary/aromatic N) is 3. The normalized spacial score (nSPS) is 18.7. The summed E-state index contributed by atoms with van der Waals surface area (Å²) in [5, 5.41) is 13.6. The molecule has 0 spiro atoms. The zero-order valence-corrected chi connectivity index (χ0v) is 13.0. The minimum Gasteiger partial charge on any atom is -0.476 e. The summed E-state index contributed by atoms with van der Waals surface area (Å²) in [6, 6.07) is -0.156. The van der Waals surface area contributed by atoms with Crippen molar-refractivity contribution in [2.75, 3.05) is 33.7 Å². The van der Waals surface area contributed by atoms with Crippen LogP contribution in [-0.4, -0.2) is 65.6 Å². The summed E-state index contributed by atoms with van der Waals surface area (Å²) in [5.74, 6) is -0.532. The van der Waals surface area contributed by atoms with Crippen LogP contribution in [0.4, 0.5) is 4.79 Å². The third kappa shape index (κ3) is 4.40. The maximum atomic E-state index is 12.0. The first-order valence-corrected chi connectivity index (χ1v) is 7.69. The van der Waals surface area contributed by atoms with Crippen LogP contribution >= 0.6 is 11.3 Å². The smallest absolute Gasteiger partial charge is 0.355 e. The van der Waals surface area contributed by atoms with Gasteiger partial charge in [0.25, 0.3) is 0 Å². The molecule has 0 saturated carbocycles. The Morgan fingerprint density at radius 2 is 2.38 bits per heavy atom. The van der Waals surface area contributed by atoms with E-state index < -0.39 is 5.97 Å². The Morgan fingerprint density at radius 1 is 1.62 bits per heavy atom. The summed E-state index contributed by atoms with van der Waals surface area (Å²) in [7, 11) is 3.86. The molecule has 7 nitrogen and oxygen atoms in total. The number of hydrogen-bond donors (Lipinski definition) is 2. The van der Waals surface area contributed by atoms with Gasteiger partial charge in [-0.25, -0.2) is 14.6 Å². The van der Waals surface area contributed by atoms with Crippen LogP contribution in [-0.2, 0) is 6.54 Å². The predicted molar refractivity (Wildman–Crippen MR) is 79.5 cm³/mol. The van der Waals surface area contributed by atoms with E-state index in [2.05, 4.69) is 22.2 Å². The van der Waals surface area contributed by atoms with Gasteiger partial charge in [0, 0.05) is 25.5 Å². The third-order valence-electron chi connectivity index (χ3n) is 3.53. The van der Waals surface area contributed by atoms with E-state index in [9.17, 15) is 9.59 Å². The highest BCUT2D eigenvalue weighted by atomic mass is 32.1. The van der Waals surface area contributed by atoms with E-state index in [4.69, 9.17) is 5.11 Å². The molecule has 1 unspecified atom stereocenters. The molecule has 2 rings (SSSR count). The fourth-order valence-corrected chi connectivity index (χ4v) is 3.13. The number of amides is 2. The Bertz CT molecular complexity index is 519. The fraction of sp³-hybridized carbons (Fsp3) is 0.615. The highest BCUT2D eigenvalue weighted by Gasteiger charge is 2.22. The summed E-state index contributed by atoms with van der Waals surface area (Å²) in [6.07, 6.45) is 1.11. The lowest BCUT2D eigenvalue weighted by Gasteiger charge is -2.21. The average Bonchev–Trinajstić information content (AvgIpc) is 3.05. The Labute approximate surface area is 127 Å². The number of carboxylic acids is 1. The van der Waals surface area contributed by atoms with Crippen molar-refractivity contribution in [3.63, 3.8) is 0 Å². The van der Waals surface area contributed by atoms with E-state index in [1.165, 1.54) is 16.7 Å². The molecule has 116 valence electrons. The molecule has 1 aromatic heterocycles. The van der Waals surface area contributed by atoms with Gasteiger partial charge >= 0.3 is 12.0 Å². The Hall–Kier alpha value is -1.67. The summed E-state index contributed by atoms with van der Waals surface area (Å²) in [4.78, 5) is 30.6. The number of nitrogens with one attached hydrogen (secondary N) is 1.